The molecule has 0 radical (unpaired) electrons. The highest BCUT2D eigenvalue weighted by Gasteiger charge is 2.31. The third kappa shape index (κ3) is 3.59. The van der Waals surface area contributed by atoms with E-state index in [9.17, 15) is 4.79 Å². The molecule has 0 spiro atoms. The first kappa shape index (κ1) is 15.9. The molecule has 134 valence electrons. The van der Waals surface area contributed by atoms with Crippen molar-refractivity contribution in [3.05, 3.63) is 18.2 Å². The van der Waals surface area contributed by atoms with Crippen LogP contribution in [0.5, 0.6) is 5.75 Å². The van der Waals surface area contributed by atoms with Gasteiger partial charge in [-0.3, -0.25) is 10.00 Å². The fourth-order valence-corrected chi connectivity index (χ4v) is 3.51. The Morgan fingerprint density at radius 1 is 1.32 bits per heavy atom. The Bertz CT molecular complexity index is 730. The highest BCUT2D eigenvalue weighted by atomic mass is 16.5. The molecule has 2 aromatic rings. The summed E-state index contributed by atoms with van der Waals surface area (Å²) in [5, 5.41) is 14.2. The number of carbonyl (C=O) groups excluding carboxylic acids is 1. The van der Waals surface area contributed by atoms with Gasteiger partial charge in [0.2, 0.25) is 5.95 Å². The third-order valence-corrected chi connectivity index (χ3v) is 4.73. The molecular formula is C16H23N7O2. The Morgan fingerprint density at radius 3 is 3.04 bits per heavy atom. The second-order valence-electron chi connectivity index (χ2n) is 6.67. The van der Waals surface area contributed by atoms with Crippen LogP contribution in [-0.2, 0) is 20.0 Å². The number of hydrogen-bond donors (Lipinski definition) is 2. The molecule has 0 saturated heterocycles. The first-order chi connectivity index (χ1) is 12.2. The quantitative estimate of drug-likeness (QED) is 0.874. The van der Waals surface area contributed by atoms with Crippen LogP contribution in [0.4, 0.5) is 10.7 Å². The van der Waals surface area contributed by atoms with Gasteiger partial charge in [0, 0.05) is 20.0 Å². The van der Waals surface area contributed by atoms with Gasteiger partial charge in [0.15, 0.2) is 5.75 Å². The van der Waals surface area contributed by atoms with Gasteiger partial charge >= 0.3 is 6.03 Å². The van der Waals surface area contributed by atoms with Crippen LogP contribution >= 0.6 is 0 Å². The van der Waals surface area contributed by atoms with Gasteiger partial charge in [-0.05, 0) is 32.1 Å². The molecule has 2 N–H and O–H groups in total. The van der Waals surface area contributed by atoms with Crippen LogP contribution in [0.2, 0.25) is 0 Å². The lowest BCUT2D eigenvalue weighted by Gasteiger charge is -2.21. The Hall–Kier alpha value is -2.58. The zero-order valence-corrected chi connectivity index (χ0v) is 14.3. The van der Waals surface area contributed by atoms with Gasteiger partial charge in [-0.25, -0.2) is 9.48 Å². The summed E-state index contributed by atoms with van der Waals surface area (Å²) < 4.78 is 9.54. The number of aryl methyl sites for hydroxylation is 3. The molecule has 25 heavy (non-hydrogen) atoms. The Labute approximate surface area is 145 Å². The maximum Gasteiger partial charge on any atom is 0.322 e. The van der Waals surface area contributed by atoms with Gasteiger partial charge in [-0.1, -0.05) is 0 Å². The number of amides is 2. The summed E-state index contributed by atoms with van der Waals surface area (Å²) >= 11 is 0. The summed E-state index contributed by atoms with van der Waals surface area (Å²) in [6.45, 7) is 0.870. The summed E-state index contributed by atoms with van der Waals surface area (Å²) in [7, 11) is 1.85. The predicted octanol–water partition coefficient (Wildman–Crippen LogP) is 1.47. The molecule has 4 rings (SSSR count). The van der Waals surface area contributed by atoms with E-state index in [2.05, 4.69) is 25.8 Å². The van der Waals surface area contributed by atoms with Crippen LogP contribution < -0.4 is 15.4 Å². The van der Waals surface area contributed by atoms with Crippen LogP contribution in [0.1, 0.15) is 37.9 Å². The molecular weight excluding hydrogens is 322 g/mol. The van der Waals surface area contributed by atoms with Crippen molar-refractivity contribution in [2.45, 2.75) is 57.2 Å². The lowest BCUT2D eigenvalue weighted by atomic mass is 10.2. The summed E-state index contributed by atoms with van der Waals surface area (Å²) in [4.78, 5) is 16.7. The minimum Gasteiger partial charge on any atom is -0.485 e. The van der Waals surface area contributed by atoms with E-state index in [1.54, 1.807) is 10.9 Å². The number of rotatable bonds is 4. The number of carbonyl (C=O) groups is 1. The monoisotopic (exact) mass is 345 g/mol. The van der Waals surface area contributed by atoms with Crippen molar-refractivity contribution < 1.29 is 9.53 Å². The summed E-state index contributed by atoms with van der Waals surface area (Å²) in [6.07, 6.45) is 9.45. The van der Waals surface area contributed by atoms with E-state index < -0.39 is 0 Å². The van der Waals surface area contributed by atoms with Crippen LogP contribution in [0, 0.1) is 0 Å². The van der Waals surface area contributed by atoms with Gasteiger partial charge in [-0.2, -0.15) is 10.1 Å². The standard InChI is InChI=1S/C16H23N7O2/c1-22-10-11(9-17-22)25-13-6-4-5-12(13)18-16(24)20-15-19-14-7-2-3-8-23(14)21-15/h9-10,12-13H,2-8H2,1H3,(H2,18,20,21,24)/t12-,13+/m0/s1. The maximum absolute atomic E-state index is 12.3. The van der Waals surface area contributed by atoms with Crippen molar-refractivity contribution >= 4 is 12.0 Å². The smallest absolute Gasteiger partial charge is 0.322 e. The van der Waals surface area contributed by atoms with Crippen molar-refractivity contribution in [2.24, 2.45) is 7.05 Å². The summed E-state index contributed by atoms with van der Waals surface area (Å²) in [5.41, 5.74) is 0. The zero-order chi connectivity index (χ0) is 17.2. The van der Waals surface area contributed by atoms with E-state index in [0.29, 0.717) is 5.95 Å². The lowest BCUT2D eigenvalue weighted by molar-refractivity contribution is 0.175. The van der Waals surface area contributed by atoms with Crippen molar-refractivity contribution in [3.8, 4) is 5.75 Å². The fourth-order valence-electron chi connectivity index (χ4n) is 3.51. The number of nitrogens with zero attached hydrogens (tertiary/aromatic N) is 5. The Morgan fingerprint density at radius 2 is 2.24 bits per heavy atom. The molecule has 0 unspecified atom stereocenters. The molecule has 2 atom stereocenters. The number of aromatic nitrogens is 5. The molecule has 0 bridgehead atoms. The van der Waals surface area contributed by atoms with Gasteiger partial charge < -0.3 is 10.1 Å². The average Bonchev–Trinajstić information content (AvgIpc) is 3.28. The molecule has 1 aliphatic carbocycles. The van der Waals surface area contributed by atoms with E-state index in [0.717, 1.165) is 56.6 Å². The van der Waals surface area contributed by atoms with E-state index in [4.69, 9.17) is 4.74 Å². The fraction of sp³-hybridized carbons (Fsp3) is 0.625. The second kappa shape index (κ2) is 6.73. The van der Waals surface area contributed by atoms with Crippen LogP contribution in [-0.4, -0.2) is 42.7 Å². The molecule has 2 amide bonds. The molecule has 2 aliphatic rings. The SMILES string of the molecule is Cn1cc(O[C@@H]2CCC[C@@H]2NC(=O)Nc2nc3n(n2)CCCC3)cn1. The Balaban J connectivity index is 1.34. The first-order valence-electron chi connectivity index (χ1n) is 8.84. The molecule has 9 nitrogen and oxygen atoms in total. The minimum absolute atomic E-state index is 0.0301. The molecule has 3 heterocycles. The van der Waals surface area contributed by atoms with E-state index in [1.165, 1.54) is 0 Å². The van der Waals surface area contributed by atoms with E-state index in [1.807, 2.05) is 17.9 Å². The Kier molecular flexibility index (Phi) is 4.29. The largest absolute Gasteiger partial charge is 0.485 e. The molecule has 1 fully saturated rings. The zero-order valence-electron chi connectivity index (χ0n) is 14.3. The summed E-state index contributed by atoms with van der Waals surface area (Å²) in [6, 6.07) is -0.313. The predicted molar refractivity (Wildman–Crippen MR) is 90.4 cm³/mol. The number of ether oxygens (including phenoxy) is 1. The first-order valence-corrected chi connectivity index (χ1v) is 8.84. The topological polar surface area (TPSA) is 98.9 Å². The number of urea groups is 1. The highest BCUT2D eigenvalue weighted by molar-refractivity contribution is 5.87. The van der Waals surface area contributed by atoms with Crippen LogP contribution in [0.3, 0.4) is 0 Å². The van der Waals surface area contributed by atoms with Gasteiger partial charge in [0.1, 0.15) is 11.9 Å². The second-order valence-corrected chi connectivity index (χ2v) is 6.67. The number of anilines is 1. The van der Waals surface area contributed by atoms with Crippen molar-refractivity contribution in [2.75, 3.05) is 5.32 Å². The maximum atomic E-state index is 12.3. The summed E-state index contributed by atoms with van der Waals surface area (Å²) in [5.74, 6) is 2.04. The highest BCUT2D eigenvalue weighted by Crippen LogP contribution is 2.24. The molecule has 1 saturated carbocycles. The minimum atomic E-state index is -0.283. The average molecular weight is 345 g/mol. The van der Waals surface area contributed by atoms with Crippen molar-refractivity contribution in [3.63, 3.8) is 0 Å². The van der Waals surface area contributed by atoms with Crippen LogP contribution in [0.25, 0.3) is 0 Å². The molecule has 2 aromatic heterocycles. The third-order valence-electron chi connectivity index (χ3n) is 4.73. The van der Waals surface area contributed by atoms with Crippen molar-refractivity contribution in [1.82, 2.24) is 29.9 Å². The van der Waals surface area contributed by atoms with Crippen LogP contribution in [0.15, 0.2) is 12.4 Å². The lowest BCUT2D eigenvalue weighted by Crippen LogP contribution is -2.44. The van der Waals surface area contributed by atoms with E-state index in [-0.39, 0.29) is 18.2 Å². The molecule has 9 heteroatoms. The normalized spacial score (nSPS) is 22.4. The number of nitrogens with one attached hydrogen (secondary N) is 2. The van der Waals surface area contributed by atoms with Gasteiger partial charge in [0.25, 0.3) is 0 Å². The molecule has 0 aromatic carbocycles. The number of fused-ring (bicyclic) bond motifs is 1. The van der Waals surface area contributed by atoms with E-state index >= 15 is 0 Å². The van der Waals surface area contributed by atoms with Gasteiger partial charge in [-0.15, -0.1) is 5.10 Å². The number of hydrogen-bond acceptors (Lipinski definition) is 5. The van der Waals surface area contributed by atoms with Crippen molar-refractivity contribution in [1.29, 1.82) is 0 Å². The van der Waals surface area contributed by atoms with Gasteiger partial charge in [0.05, 0.1) is 18.4 Å². The molecule has 1 aliphatic heterocycles.